The van der Waals surface area contributed by atoms with Crippen LogP contribution in [0, 0.1) is 5.92 Å². The third kappa shape index (κ3) is 2.31. The second-order valence-electron chi connectivity index (χ2n) is 4.75. The molecule has 1 fully saturated rings. The number of Topliss-reactive ketones (excluding diaryl/α,β-unsaturated/α-hetero) is 1. The van der Waals surface area contributed by atoms with Crippen molar-refractivity contribution in [3.8, 4) is 0 Å². The predicted molar refractivity (Wildman–Crippen MR) is 65.0 cm³/mol. The largest absolute Gasteiger partial charge is 0.477 e. The first-order chi connectivity index (χ1) is 8.50. The van der Waals surface area contributed by atoms with Gasteiger partial charge in [0.05, 0.1) is 6.61 Å². The lowest BCUT2D eigenvalue weighted by atomic mass is 10.0. The summed E-state index contributed by atoms with van der Waals surface area (Å²) in [5.41, 5.74) is 0.609. The molecule has 5 nitrogen and oxygen atoms in total. The van der Waals surface area contributed by atoms with E-state index in [0.29, 0.717) is 18.1 Å². The van der Waals surface area contributed by atoms with Gasteiger partial charge < -0.3 is 14.4 Å². The van der Waals surface area contributed by atoms with E-state index in [1.54, 1.807) is 10.8 Å². The van der Waals surface area contributed by atoms with Gasteiger partial charge in [-0.3, -0.25) is 4.79 Å². The number of ketones is 1. The van der Waals surface area contributed by atoms with Gasteiger partial charge in [0, 0.05) is 30.3 Å². The van der Waals surface area contributed by atoms with Crippen LogP contribution in [-0.2, 0) is 4.74 Å². The van der Waals surface area contributed by atoms with E-state index in [-0.39, 0.29) is 17.5 Å². The molecule has 1 aliphatic heterocycles. The number of aromatic nitrogens is 1. The first-order valence-corrected chi connectivity index (χ1v) is 6.04. The fraction of sp³-hybridized carbons (Fsp3) is 0.538. The highest BCUT2D eigenvalue weighted by molar-refractivity contribution is 5.97. The number of hydrogen-bond acceptors (Lipinski definition) is 3. The molecule has 1 aromatic rings. The number of ether oxygens (including phenoxy) is 1. The Balaban J connectivity index is 2.35. The summed E-state index contributed by atoms with van der Waals surface area (Å²) >= 11 is 0. The van der Waals surface area contributed by atoms with E-state index in [0.717, 1.165) is 13.0 Å². The Morgan fingerprint density at radius 2 is 2.28 bits per heavy atom. The van der Waals surface area contributed by atoms with Crippen LogP contribution in [-0.4, -0.2) is 34.6 Å². The van der Waals surface area contributed by atoms with Crippen molar-refractivity contribution in [1.29, 1.82) is 0 Å². The zero-order valence-corrected chi connectivity index (χ0v) is 10.5. The lowest BCUT2D eigenvalue weighted by Gasteiger charge is -2.21. The van der Waals surface area contributed by atoms with Crippen molar-refractivity contribution in [2.24, 2.45) is 5.92 Å². The molecule has 5 heteroatoms. The minimum absolute atomic E-state index is 0.0201. The van der Waals surface area contributed by atoms with Gasteiger partial charge >= 0.3 is 5.97 Å². The maximum atomic E-state index is 11.3. The van der Waals surface area contributed by atoms with Crippen molar-refractivity contribution in [2.75, 3.05) is 13.2 Å². The van der Waals surface area contributed by atoms with E-state index in [4.69, 9.17) is 4.74 Å². The molecule has 0 amide bonds. The maximum absolute atomic E-state index is 11.3. The second-order valence-corrected chi connectivity index (χ2v) is 4.75. The Bertz CT molecular complexity index is 471. The highest BCUT2D eigenvalue weighted by atomic mass is 16.5. The Morgan fingerprint density at radius 1 is 1.56 bits per heavy atom. The van der Waals surface area contributed by atoms with Gasteiger partial charge in [0.15, 0.2) is 5.78 Å². The summed E-state index contributed by atoms with van der Waals surface area (Å²) in [7, 11) is 0. The number of rotatable bonds is 4. The third-order valence-corrected chi connectivity index (χ3v) is 3.56. The molecular formula is C13H17NO4. The summed E-state index contributed by atoms with van der Waals surface area (Å²) in [4.78, 5) is 22.6. The summed E-state index contributed by atoms with van der Waals surface area (Å²) in [5.74, 6) is -0.824. The van der Waals surface area contributed by atoms with E-state index in [2.05, 4.69) is 0 Å². The highest BCUT2D eigenvalue weighted by Crippen LogP contribution is 2.28. The van der Waals surface area contributed by atoms with Crippen LogP contribution >= 0.6 is 0 Å². The van der Waals surface area contributed by atoms with Crippen LogP contribution in [0.15, 0.2) is 12.3 Å². The SMILES string of the molecule is CC(=O)c1cc(C(=O)O)n(C(C)C2CCOC2)c1. The number of hydrogen-bond donors (Lipinski definition) is 1. The van der Waals surface area contributed by atoms with Gasteiger partial charge in [-0.25, -0.2) is 4.79 Å². The van der Waals surface area contributed by atoms with Gasteiger partial charge in [-0.05, 0) is 26.3 Å². The van der Waals surface area contributed by atoms with Gasteiger partial charge in [0.25, 0.3) is 0 Å². The molecule has 2 atom stereocenters. The van der Waals surface area contributed by atoms with E-state index < -0.39 is 5.97 Å². The molecule has 1 saturated heterocycles. The van der Waals surface area contributed by atoms with Crippen LogP contribution in [0.5, 0.6) is 0 Å². The molecule has 0 bridgehead atoms. The molecule has 98 valence electrons. The molecule has 2 rings (SSSR count). The van der Waals surface area contributed by atoms with Gasteiger partial charge in [-0.2, -0.15) is 0 Å². The molecule has 2 unspecified atom stereocenters. The van der Waals surface area contributed by atoms with Crippen molar-refractivity contribution in [2.45, 2.75) is 26.3 Å². The first kappa shape index (κ1) is 12.8. The third-order valence-electron chi connectivity index (χ3n) is 3.56. The molecule has 2 heterocycles. The molecular weight excluding hydrogens is 234 g/mol. The quantitative estimate of drug-likeness (QED) is 0.831. The number of nitrogens with zero attached hydrogens (tertiary/aromatic N) is 1. The van der Waals surface area contributed by atoms with E-state index in [9.17, 15) is 14.7 Å². The van der Waals surface area contributed by atoms with Gasteiger partial charge in [-0.15, -0.1) is 0 Å². The fourth-order valence-electron chi connectivity index (χ4n) is 2.34. The van der Waals surface area contributed by atoms with Crippen LogP contribution in [0.4, 0.5) is 0 Å². The molecule has 0 aliphatic carbocycles. The first-order valence-electron chi connectivity index (χ1n) is 6.04. The Kier molecular flexibility index (Phi) is 3.52. The zero-order valence-electron chi connectivity index (χ0n) is 10.5. The summed E-state index contributed by atoms with van der Waals surface area (Å²) in [6.07, 6.45) is 2.56. The van der Waals surface area contributed by atoms with Crippen molar-refractivity contribution >= 4 is 11.8 Å². The molecule has 1 aromatic heterocycles. The van der Waals surface area contributed by atoms with E-state index >= 15 is 0 Å². The van der Waals surface area contributed by atoms with E-state index in [1.165, 1.54) is 13.0 Å². The van der Waals surface area contributed by atoms with Crippen LogP contribution in [0.1, 0.15) is 47.2 Å². The Morgan fingerprint density at radius 3 is 2.78 bits per heavy atom. The highest BCUT2D eigenvalue weighted by Gasteiger charge is 2.27. The molecule has 0 aromatic carbocycles. The van der Waals surface area contributed by atoms with Crippen LogP contribution in [0.2, 0.25) is 0 Å². The number of carbonyl (C=O) groups is 2. The van der Waals surface area contributed by atoms with Crippen molar-refractivity contribution in [1.82, 2.24) is 4.57 Å². The second kappa shape index (κ2) is 4.94. The molecule has 0 radical (unpaired) electrons. The predicted octanol–water partition coefficient (Wildman–Crippen LogP) is 1.99. The van der Waals surface area contributed by atoms with Crippen LogP contribution in [0.3, 0.4) is 0 Å². The zero-order chi connectivity index (χ0) is 13.3. The number of carboxylic acids is 1. The average molecular weight is 251 g/mol. The standard InChI is InChI=1S/C13H17NO4/c1-8(10-3-4-18-7-10)14-6-11(9(2)15)5-12(14)13(16)17/h5-6,8,10H,3-4,7H2,1-2H3,(H,16,17). The fourth-order valence-corrected chi connectivity index (χ4v) is 2.34. The monoisotopic (exact) mass is 251 g/mol. The molecule has 0 spiro atoms. The smallest absolute Gasteiger partial charge is 0.352 e. The molecule has 1 N–H and O–H groups in total. The number of carboxylic acid groups (broad SMARTS) is 1. The van der Waals surface area contributed by atoms with Crippen molar-refractivity contribution in [3.05, 3.63) is 23.5 Å². The van der Waals surface area contributed by atoms with Crippen LogP contribution < -0.4 is 0 Å². The molecule has 1 aliphatic rings. The van der Waals surface area contributed by atoms with Gasteiger partial charge in [0.1, 0.15) is 5.69 Å². The lowest BCUT2D eigenvalue weighted by molar-refractivity contribution is 0.0679. The number of aromatic carboxylic acids is 1. The lowest BCUT2D eigenvalue weighted by Crippen LogP contribution is -2.19. The summed E-state index contributed by atoms with van der Waals surface area (Å²) in [6.45, 7) is 4.77. The molecule has 18 heavy (non-hydrogen) atoms. The number of carbonyl (C=O) groups excluding carboxylic acids is 1. The van der Waals surface area contributed by atoms with Gasteiger partial charge in [0.2, 0.25) is 0 Å². The van der Waals surface area contributed by atoms with E-state index in [1.807, 2.05) is 6.92 Å². The Labute approximate surface area is 105 Å². The van der Waals surface area contributed by atoms with Crippen LogP contribution in [0.25, 0.3) is 0 Å². The normalized spacial score (nSPS) is 20.9. The molecule has 0 saturated carbocycles. The minimum atomic E-state index is -1.01. The summed E-state index contributed by atoms with van der Waals surface area (Å²) in [6, 6.07) is 1.46. The minimum Gasteiger partial charge on any atom is -0.477 e. The van der Waals surface area contributed by atoms with Crippen molar-refractivity contribution < 1.29 is 19.4 Å². The summed E-state index contributed by atoms with van der Waals surface area (Å²) in [5, 5.41) is 9.19. The van der Waals surface area contributed by atoms with Gasteiger partial charge in [-0.1, -0.05) is 0 Å². The topological polar surface area (TPSA) is 68.5 Å². The Hall–Kier alpha value is -1.62. The summed E-state index contributed by atoms with van der Waals surface area (Å²) < 4.78 is 7.01. The maximum Gasteiger partial charge on any atom is 0.352 e. The van der Waals surface area contributed by atoms with Crippen molar-refractivity contribution in [3.63, 3.8) is 0 Å². The average Bonchev–Trinajstić information content (AvgIpc) is 2.97.